The van der Waals surface area contributed by atoms with Gasteiger partial charge in [0.1, 0.15) is 5.75 Å². The summed E-state index contributed by atoms with van der Waals surface area (Å²) < 4.78 is 40.4. The molecule has 2 heterocycles. The third kappa shape index (κ3) is 5.43. The predicted molar refractivity (Wildman–Crippen MR) is 93.0 cm³/mol. The van der Waals surface area contributed by atoms with Gasteiger partial charge in [0.15, 0.2) is 0 Å². The number of amides is 1. The van der Waals surface area contributed by atoms with Crippen molar-refractivity contribution in [2.45, 2.75) is 25.2 Å². The Morgan fingerprint density at radius 2 is 2.04 bits per heavy atom. The van der Waals surface area contributed by atoms with Crippen LogP contribution in [0.25, 0.3) is 0 Å². The summed E-state index contributed by atoms with van der Waals surface area (Å²) in [5.74, 6) is -0.253. The summed E-state index contributed by atoms with van der Waals surface area (Å²) in [7, 11) is 0. The van der Waals surface area contributed by atoms with E-state index >= 15 is 0 Å². The number of benzene rings is 1. The number of pyridine rings is 1. The number of nitrogens with zero attached hydrogens (tertiary/aromatic N) is 2. The predicted octanol–water partition coefficient (Wildman–Crippen LogP) is 3.09. The number of aromatic nitrogens is 1. The fourth-order valence-electron chi connectivity index (χ4n) is 3.13. The Bertz CT molecular complexity index is 751. The lowest BCUT2D eigenvalue weighted by Gasteiger charge is -2.36. The normalized spacial score (nSPS) is 17.6. The van der Waals surface area contributed by atoms with Gasteiger partial charge in [-0.15, -0.1) is 13.2 Å². The molecule has 2 aromatic rings. The smallest absolute Gasteiger partial charge is 0.406 e. The van der Waals surface area contributed by atoms with E-state index in [0.29, 0.717) is 19.5 Å². The molecular formula is C19H20F3N3O2. The zero-order valence-electron chi connectivity index (χ0n) is 14.6. The number of carbonyl (C=O) groups excluding carboxylic acids is 1. The molecule has 1 saturated heterocycles. The molecule has 1 aliphatic heterocycles. The number of piperazine rings is 1. The van der Waals surface area contributed by atoms with Gasteiger partial charge in [0, 0.05) is 38.4 Å². The number of ether oxygens (including phenoxy) is 1. The number of carbonyl (C=O) groups is 1. The zero-order chi connectivity index (χ0) is 19.3. The second-order valence-corrected chi connectivity index (χ2v) is 6.29. The van der Waals surface area contributed by atoms with Crippen LogP contribution in [0.2, 0.25) is 0 Å². The number of aryl methyl sites for hydroxylation is 1. The number of rotatable bonds is 5. The van der Waals surface area contributed by atoms with E-state index in [1.807, 2.05) is 17.0 Å². The number of halogens is 3. The van der Waals surface area contributed by atoms with Gasteiger partial charge in [-0.1, -0.05) is 18.2 Å². The molecule has 0 spiro atoms. The second kappa shape index (κ2) is 8.39. The molecule has 1 fully saturated rings. The van der Waals surface area contributed by atoms with Crippen molar-refractivity contribution in [1.82, 2.24) is 15.2 Å². The monoisotopic (exact) mass is 379 g/mol. The van der Waals surface area contributed by atoms with Crippen molar-refractivity contribution < 1.29 is 22.7 Å². The summed E-state index contributed by atoms with van der Waals surface area (Å²) >= 11 is 0. The Morgan fingerprint density at radius 1 is 1.26 bits per heavy atom. The summed E-state index contributed by atoms with van der Waals surface area (Å²) in [5.41, 5.74) is 1.76. The first-order valence-electron chi connectivity index (χ1n) is 8.67. The molecule has 0 radical (unpaired) electrons. The van der Waals surface area contributed by atoms with Crippen LogP contribution in [0, 0.1) is 0 Å². The minimum atomic E-state index is -4.71. The largest absolute Gasteiger partial charge is 0.573 e. The van der Waals surface area contributed by atoms with Gasteiger partial charge in [-0.2, -0.15) is 0 Å². The maximum atomic E-state index is 12.7. The van der Waals surface area contributed by atoms with Crippen molar-refractivity contribution in [2.75, 3.05) is 19.6 Å². The molecule has 1 aromatic carbocycles. The lowest BCUT2D eigenvalue weighted by atomic mass is 10.0. The quantitative estimate of drug-likeness (QED) is 0.868. The van der Waals surface area contributed by atoms with Crippen LogP contribution in [0.3, 0.4) is 0 Å². The van der Waals surface area contributed by atoms with E-state index in [9.17, 15) is 18.0 Å². The first-order chi connectivity index (χ1) is 12.9. The van der Waals surface area contributed by atoms with Crippen molar-refractivity contribution in [3.8, 4) is 5.75 Å². The molecule has 1 unspecified atom stereocenters. The summed E-state index contributed by atoms with van der Waals surface area (Å²) in [6, 6.07) is 9.34. The molecular weight excluding hydrogens is 359 g/mol. The molecule has 0 bridgehead atoms. The molecule has 0 aliphatic carbocycles. The molecule has 8 heteroatoms. The van der Waals surface area contributed by atoms with Crippen molar-refractivity contribution >= 4 is 5.91 Å². The van der Waals surface area contributed by atoms with E-state index in [1.54, 1.807) is 24.5 Å². The van der Waals surface area contributed by atoms with Crippen molar-refractivity contribution in [1.29, 1.82) is 0 Å². The van der Waals surface area contributed by atoms with Crippen molar-refractivity contribution in [3.05, 3.63) is 59.9 Å². The Balaban J connectivity index is 1.59. The molecule has 144 valence electrons. The fraction of sp³-hybridized carbons (Fsp3) is 0.368. The molecule has 5 nitrogen and oxygen atoms in total. The minimum Gasteiger partial charge on any atom is -0.406 e. The third-order valence-electron chi connectivity index (χ3n) is 4.42. The number of hydrogen-bond donors (Lipinski definition) is 1. The van der Waals surface area contributed by atoms with E-state index in [0.717, 1.165) is 17.7 Å². The van der Waals surface area contributed by atoms with E-state index < -0.39 is 6.36 Å². The van der Waals surface area contributed by atoms with Crippen LogP contribution in [0.15, 0.2) is 48.8 Å². The van der Waals surface area contributed by atoms with Crippen molar-refractivity contribution in [3.63, 3.8) is 0 Å². The third-order valence-corrected chi connectivity index (χ3v) is 4.42. The maximum Gasteiger partial charge on any atom is 0.573 e. The summed E-state index contributed by atoms with van der Waals surface area (Å²) in [6.07, 6.45) is -0.512. The second-order valence-electron chi connectivity index (χ2n) is 6.29. The highest BCUT2D eigenvalue weighted by Crippen LogP contribution is 2.24. The average Bonchev–Trinajstić information content (AvgIpc) is 2.67. The van der Waals surface area contributed by atoms with Gasteiger partial charge in [0.25, 0.3) is 0 Å². The summed E-state index contributed by atoms with van der Waals surface area (Å²) in [4.78, 5) is 18.7. The number of alkyl halides is 3. The standard InChI is InChI=1S/C19H20F3N3O2/c20-19(21,22)27-16-6-3-14(4-7-16)5-8-18(26)25-11-10-24-13-17(25)15-2-1-9-23-12-15/h1-4,6-7,9,12,17,24H,5,8,10-11,13H2. The van der Waals surface area contributed by atoms with Gasteiger partial charge in [0.2, 0.25) is 5.91 Å². The fourth-order valence-corrected chi connectivity index (χ4v) is 3.13. The van der Waals surface area contributed by atoms with Crippen LogP contribution in [-0.4, -0.2) is 41.8 Å². The highest BCUT2D eigenvalue weighted by molar-refractivity contribution is 5.77. The van der Waals surface area contributed by atoms with Gasteiger partial charge in [-0.3, -0.25) is 9.78 Å². The van der Waals surface area contributed by atoms with Gasteiger partial charge in [-0.05, 0) is 35.7 Å². The van der Waals surface area contributed by atoms with Crippen LogP contribution in [0.4, 0.5) is 13.2 Å². The molecule has 1 amide bonds. The molecule has 1 aliphatic rings. The van der Waals surface area contributed by atoms with Gasteiger partial charge in [0.05, 0.1) is 6.04 Å². The van der Waals surface area contributed by atoms with E-state index in [1.165, 1.54) is 12.1 Å². The summed E-state index contributed by atoms with van der Waals surface area (Å²) in [6.45, 7) is 2.00. The molecule has 27 heavy (non-hydrogen) atoms. The van der Waals surface area contributed by atoms with Crippen LogP contribution in [-0.2, 0) is 11.2 Å². The molecule has 1 N–H and O–H groups in total. The maximum absolute atomic E-state index is 12.7. The highest BCUT2D eigenvalue weighted by Gasteiger charge is 2.31. The van der Waals surface area contributed by atoms with Crippen LogP contribution in [0.1, 0.15) is 23.6 Å². The number of hydrogen-bond acceptors (Lipinski definition) is 4. The molecule has 0 saturated carbocycles. The van der Waals surface area contributed by atoms with Crippen molar-refractivity contribution in [2.24, 2.45) is 0 Å². The van der Waals surface area contributed by atoms with E-state index in [4.69, 9.17) is 0 Å². The lowest BCUT2D eigenvalue weighted by Crippen LogP contribution is -2.48. The molecule has 3 rings (SSSR count). The van der Waals surface area contributed by atoms with Gasteiger partial charge in [-0.25, -0.2) is 0 Å². The highest BCUT2D eigenvalue weighted by atomic mass is 19.4. The lowest BCUT2D eigenvalue weighted by molar-refractivity contribution is -0.274. The Hall–Kier alpha value is -2.61. The SMILES string of the molecule is O=C(CCc1ccc(OC(F)(F)F)cc1)N1CCNCC1c1cccnc1. The zero-order valence-corrected chi connectivity index (χ0v) is 14.6. The first-order valence-corrected chi connectivity index (χ1v) is 8.67. The van der Waals surface area contributed by atoms with Gasteiger partial charge < -0.3 is 15.0 Å². The Morgan fingerprint density at radius 3 is 2.70 bits per heavy atom. The first kappa shape index (κ1) is 19.2. The van der Waals surface area contributed by atoms with Gasteiger partial charge >= 0.3 is 6.36 Å². The topological polar surface area (TPSA) is 54.5 Å². The van der Waals surface area contributed by atoms with Crippen LogP contribution < -0.4 is 10.1 Å². The average molecular weight is 379 g/mol. The van der Waals surface area contributed by atoms with Crippen LogP contribution >= 0.6 is 0 Å². The number of nitrogens with one attached hydrogen (secondary N) is 1. The van der Waals surface area contributed by atoms with E-state index in [-0.39, 0.29) is 24.1 Å². The Labute approximate surface area is 155 Å². The molecule has 1 aromatic heterocycles. The van der Waals surface area contributed by atoms with Crippen LogP contribution in [0.5, 0.6) is 5.75 Å². The summed E-state index contributed by atoms with van der Waals surface area (Å²) in [5, 5.41) is 3.29. The molecule has 1 atom stereocenters. The van der Waals surface area contributed by atoms with E-state index in [2.05, 4.69) is 15.0 Å². The Kier molecular flexibility index (Phi) is 5.95. The minimum absolute atomic E-state index is 0.0148.